The predicted octanol–water partition coefficient (Wildman–Crippen LogP) is 6.46. The number of aromatic nitrogens is 4. The van der Waals surface area contributed by atoms with E-state index in [0.29, 0.717) is 11.4 Å². The van der Waals surface area contributed by atoms with E-state index in [9.17, 15) is 0 Å². The minimum atomic E-state index is -0.432. The Labute approximate surface area is 177 Å². The maximum Gasteiger partial charge on any atom is 0.174 e. The second-order valence-electron chi connectivity index (χ2n) is 7.51. The molecule has 0 saturated carbocycles. The lowest BCUT2D eigenvalue weighted by Crippen LogP contribution is -1.89. The Morgan fingerprint density at radius 1 is 0.613 bits per heavy atom. The minimum absolute atomic E-state index is 0.278. The molecule has 0 saturated heterocycles. The van der Waals surface area contributed by atoms with Gasteiger partial charge in [0.1, 0.15) is 11.4 Å². The zero-order valence-corrected chi connectivity index (χ0v) is 16.4. The summed E-state index contributed by atoms with van der Waals surface area (Å²) < 4.78 is 15.2. The molecule has 2 N–H and O–H groups in total. The van der Waals surface area contributed by atoms with E-state index in [1.807, 2.05) is 66.7 Å². The smallest absolute Gasteiger partial charge is 0.174 e. The van der Waals surface area contributed by atoms with Gasteiger partial charge in [-0.15, -0.1) is 0 Å². The molecule has 0 amide bonds. The van der Waals surface area contributed by atoms with Crippen LogP contribution in [0.1, 0.15) is 22.8 Å². The number of nitrogens with zero attached hydrogens (tertiary/aromatic N) is 2. The number of hydrogen-bond acceptors (Lipinski definition) is 2. The molecule has 0 atom stereocenters. The average molecular weight is 404 g/mol. The van der Waals surface area contributed by atoms with E-state index >= 15 is 4.39 Å². The molecule has 0 unspecified atom stereocenters. The zero-order chi connectivity index (χ0) is 20.8. The third-order valence-corrected chi connectivity index (χ3v) is 5.39. The van der Waals surface area contributed by atoms with Gasteiger partial charge < -0.3 is 9.97 Å². The fourth-order valence-corrected chi connectivity index (χ4v) is 3.95. The number of nitrogens with one attached hydrogen (secondary N) is 2. The Kier molecular flexibility index (Phi) is 3.93. The van der Waals surface area contributed by atoms with E-state index in [0.717, 1.165) is 33.2 Å². The lowest BCUT2D eigenvalue weighted by atomic mass is 10.0. The largest absolute Gasteiger partial charge is 0.355 e. The van der Waals surface area contributed by atoms with Crippen LogP contribution in [0, 0.1) is 5.82 Å². The first-order valence-electron chi connectivity index (χ1n) is 10.0. The Morgan fingerprint density at radius 3 is 2.16 bits per heavy atom. The SMILES string of the molecule is Fc1c2nc(cc3ccc(cc4ccc([nH]4)c(-c4ccccc4)c4nc1C=C4)[nH]3)C=C2. The van der Waals surface area contributed by atoms with Gasteiger partial charge in [0.15, 0.2) is 5.82 Å². The number of hydrogen-bond donors (Lipinski definition) is 2. The Morgan fingerprint density at radius 2 is 1.29 bits per heavy atom. The van der Waals surface area contributed by atoms with Crippen molar-refractivity contribution < 1.29 is 4.39 Å². The van der Waals surface area contributed by atoms with Gasteiger partial charge in [0.05, 0.1) is 11.4 Å². The molecule has 31 heavy (non-hydrogen) atoms. The van der Waals surface area contributed by atoms with Gasteiger partial charge in [-0.2, -0.15) is 0 Å². The summed E-state index contributed by atoms with van der Waals surface area (Å²) in [5.41, 5.74) is 7.63. The van der Waals surface area contributed by atoms with Crippen molar-refractivity contribution in [3.63, 3.8) is 0 Å². The summed E-state index contributed by atoms with van der Waals surface area (Å²) in [5, 5.41) is 0. The van der Waals surface area contributed by atoms with Crippen LogP contribution >= 0.6 is 0 Å². The van der Waals surface area contributed by atoms with Crippen molar-refractivity contribution in [2.45, 2.75) is 0 Å². The van der Waals surface area contributed by atoms with E-state index in [1.54, 1.807) is 18.2 Å². The quantitative estimate of drug-likeness (QED) is 0.330. The molecular formula is C26H17FN4. The number of rotatable bonds is 1. The number of fused-ring (bicyclic) bond motifs is 8. The molecule has 148 valence electrons. The topological polar surface area (TPSA) is 57.4 Å². The molecule has 4 nitrogen and oxygen atoms in total. The van der Waals surface area contributed by atoms with E-state index in [4.69, 9.17) is 0 Å². The molecule has 0 radical (unpaired) electrons. The summed E-state index contributed by atoms with van der Waals surface area (Å²) in [7, 11) is 0. The van der Waals surface area contributed by atoms with E-state index in [1.165, 1.54) is 0 Å². The van der Waals surface area contributed by atoms with Gasteiger partial charge in [-0.25, -0.2) is 14.4 Å². The molecule has 2 aliphatic rings. The van der Waals surface area contributed by atoms with E-state index < -0.39 is 5.82 Å². The maximum absolute atomic E-state index is 15.2. The summed E-state index contributed by atoms with van der Waals surface area (Å²) in [6.07, 6.45) is 7.05. The van der Waals surface area contributed by atoms with Crippen LogP contribution in [-0.2, 0) is 0 Å². The van der Waals surface area contributed by atoms with Crippen LogP contribution in [-0.4, -0.2) is 19.9 Å². The molecule has 4 aromatic rings. The fourth-order valence-electron chi connectivity index (χ4n) is 3.95. The molecule has 0 fully saturated rings. The molecular weight excluding hydrogens is 387 g/mol. The lowest BCUT2D eigenvalue weighted by molar-refractivity contribution is 0.613. The molecule has 3 aromatic heterocycles. The highest BCUT2D eigenvalue weighted by atomic mass is 19.1. The Hall–Kier alpha value is -4.25. The van der Waals surface area contributed by atoms with Gasteiger partial charge in [-0.1, -0.05) is 30.3 Å². The molecule has 0 aliphatic carbocycles. The van der Waals surface area contributed by atoms with Crippen LogP contribution in [0.3, 0.4) is 0 Å². The summed E-state index contributed by atoms with van der Waals surface area (Å²) >= 11 is 0. The first kappa shape index (κ1) is 17.6. The van der Waals surface area contributed by atoms with Crippen molar-refractivity contribution in [3.05, 3.63) is 95.3 Å². The summed E-state index contributed by atoms with van der Waals surface area (Å²) in [4.78, 5) is 15.9. The van der Waals surface area contributed by atoms with Crippen LogP contribution in [0.5, 0.6) is 0 Å². The number of aromatic amines is 2. The Balaban J connectivity index is 1.76. The first-order chi connectivity index (χ1) is 15.2. The summed E-state index contributed by atoms with van der Waals surface area (Å²) in [6.45, 7) is 0. The van der Waals surface area contributed by atoms with Gasteiger partial charge in [-0.05, 0) is 66.3 Å². The second kappa shape index (κ2) is 6.92. The summed E-state index contributed by atoms with van der Waals surface area (Å²) in [5.74, 6) is -0.432. The van der Waals surface area contributed by atoms with E-state index in [2.05, 4.69) is 26.0 Å². The third kappa shape index (κ3) is 3.16. The number of halogens is 1. The summed E-state index contributed by atoms with van der Waals surface area (Å²) in [6, 6.07) is 22.0. The standard InChI is InChI=1S/C26H17FN4/c27-26-23-11-9-20(30-23)15-18-7-6-17(28-18)14-19-8-10-21(29-19)25(16-4-2-1-3-5-16)22-12-13-24(26)31-22/h1-15,28-29H. The molecule has 0 spiro atoms. The van der Waals surface area contributed by atoms with Crippen molar-refractivity contribution in [2.75, 3.05) is 0 Å². The van der Waals surface area contributed by atoms with Crippen LogP contribution in [0.4, 0.5) is 4.39 Å². The van der Waals surface area contributed by atoms with Gasteiger partial charge >= 0.3 is 0 Å². The molecule has 5 heterocycles. The zero-order valence-electron chi connectivity index (χ0n) is 16.4. The normalized spacial score (nSPS) is 12.4. The van der Waals surface area contributed by atoms with Gasteiger partial charge in [-0.3, -0.25) is 0 Å². The van der Waals surface area contributed by atoms with Crippen molar-refractivity contribution in [2.24, 2.45) is 0 Å². The van der Waals surface area contributed by atoms with Crippen molar-refractivity contribution in [1.82, 2.24) is 19.9 Å². The highest BCUT2D eigenvalue weighted by Gasteiger charge is 2.14. The fraction of sp³-hybridized carbons (Fsp3) is 0. The first-order valence-corrected chi connectivity index (χ1v) is 10.0. The maximum atomic E-state index is 15.2. The number of H-pyrrole nitrogens is 2. The molecule has 6 rings (SSSR count). The van der Waals surface area contributed by atoms with Crippen molar-refractivity contribution >= 4 is 46.4 Å². The Bertz CT molecular complexity index is 1540. The molecule has 5 heteroatoms. The van der Waals surface area contributed by atoms with Gasteiger partial charge in [0, 0.05) is 27.6 Å². The van der Waals surface area contributed by atoms with Crippen LogP contribution in [0.15, 0.2) is 66.7 Å². The van der Waals surface area contributed by atoms with Crippen LogP contribution < -0.4 is 0 Å². The highest BCUT2D eigenvalue weighted by Crippen LogP contribution is 2.30. The molecule has 1 aromatic carbocycles. The van der Waals surface area contributed by atoms with Crippen LogP contribution in [0.2, 0.25) is 0 Å². The van der Waals surface area contributed by atoms with Crippen molar-refractivity contribution in [1.29, 1.82) is 0 Å². The minimum Gasteiger partial charge on any atom is -0.355 e. The van der Waals surface area contributed by atoms with Crippen LogP contribution in [0.25, 0.3) is 57.5 Å². The predicted molar refractivity (Wildman–Crippen MR) is 124 cm³/mol. The van der Waals surface area contributed by atoms with Crippen molar-refractivity contribution in [3.8, 4) is 11.1 Å². The average Bonchev–Trinajstić information content (AvgIpc) is 3.58. The third-order valence-electron chi connectivity index (χ3n) is 5.39. The van der Waals surface area contributed by atoms with Gasteiger partial charge in [0.25, 0.3) is 0 Å². The highest BCUT2D eigenvalue weighted by molar-refractivity contribution is 5.91. The number of benzene rings is 1. The van der Waals surface area contributed by atoms with E-state index in [-0.39, 0.29) is 11.4 Å². The van der Waals surface area contributed by atoms with Gasteiger partial charge in [0.2, 0.25) is 0 Å². The second-order valence-corrected chi connectivity index (χ2v) is 7.51. The molecule has 2 aliphatic heterocycles. The lowest BCUT2D eigenvalue weighted by Gasteiger charge is -2.03. The molecule has 8 bridgehead atoms. The monoisotopic (exact) mass is 404 g/mol.